The summed E-state index contributed by atoms with van der Waals surface area (Å²) in [5.41, 5.74) is 0. The minimum Gasteiger partial charge on any atom is -0.492 e. The van der Waals surface area contributed by atoms with Gasteiger partial charge in [0.05, 0.1) is 6.04 Å². The van der Waals surface area contributed by atoms with Gasteiger partial charge < -0.3 is 19.5 Å². The van der Waals surface area contributed by atoms with E-state index >= 15 is 0 Å². The number of benzene rings is 1. The van der Waals surface area contributed by atoms with Gasteiger partial charge in [0, 0.05) is 24.2 Å². The molecule has 0 saturated carbocycles. The molecule has 1 aromatic heterocycles. The Morgan fingerprint density at radius 1 is 1.40 bits per heavy atom. The van der Waals surface area contributed by atoms with Crippen LogP contribution in [0.1, 0.15) is 18.0 Å². The first-order valence-corrected chi connectivity index (χ1v) is 7.36. The first kappa shape index (κ1) is 13.2. The molecule has 0 bridgehead atoms. The predicted molar refractivity (Wildman–Crippen MR) is 76.6 cm³/mol. The van der Waals surface area contributed by atoms with Crippen LogP contribution in [-0.4, -0.2) is 24.9 Å². The predicted octanol–water partition coefficient (Wildman–Crippen LogP) is 2.60. The first-order valence-electron chi connectivity index (χ1n) is 6.48. The largest absolute Gasteiger partial charge is 0.492 e. The second-order valence-electron chi connectivity index (χ2n) is 4.41. The average Bonchev–Trinajstić information content (AvgIpc) is 3.13. The van der Waals surface area contributed by atoms with Gasteiger partial charge in [0.1, 0.15) is 17.4 Å². The molecule has 106 valence electrons. The van der Waals surface area contributed by atoms with Crippen molar-refractivity contribution in [3.05, 3.63) is 34.8 Å². The van der Waals surface area contributed by atoms with Crippen molar-refractivity contribution in [2.45, 2.75) is 13.0 Å². The van der Waals surface area contributed by atoms with E-state index < -0.39 is 0 Å². The zero-order valence-corrected chi connectivity index (χ0v) is 12.0. The molecule has 1 aliphatic heterocycles. The number of rotatable bonds is 6. The van der Waals surface area contributed by atoms with E-state index in [4.69, 9.17) is 14.2 Å². The Balaban J connectivity index is 1.44. The Kier molecular flexibility index (Phi) is 4.03. The highest BCUT2D eigenvalue weighted by molar-refractivity contribution is 7.09. The molecule has 1 N–H and O–H groups in total. The van der Waals surface area contributed by atoms with Crippen LogP contribution < -0.4 is 19.5 Å². The fourth-order valence-corrected chi connectivity index (χ4v) is 2.62. The number of aromatic nitrogens is 1. The van der Waals surface area contributed by atoms with E-state index in [1.807, 2.05) is 29.8 Å². The summed E-state index contributed by atoms with van der Waals surface area (Å²) in [6.45, 7) is 3.73. The average molecular weight is 292 g/mol. The van der Waals surface area contributed by atoms with Crippen LogP contribution in [0.25, 0.3) is 0 Å². The number of ether oxygens (including phenoxy) is 3. The summed E-state index contributed by atoms with van der Waals surface area (Å²) in [5.74, 6) is 2.30. The van der Waals surface area contributed by atoms with E-state index in [-0.39, 0.29) is 12.8 Å². The second kappa shape index (κ2) is 6.11. The van der Waals surface area contributed by atoms with Crippen LogP contribution in [0, 0.1) is 0 Å². The molecule has 2 heterocycles. The van der Waals surface area contributed by atoms with Crippen LogP contribution in [0.4, 0.5) is 0 Å². The van der Waals surface area contributed by atoms with Gasteiger partial charge in [0.2, 0.25) is 6.79 Å². The summed E-state index contributed by atoms with van der Waals surface area (Å²) >= 11 is 1.65. The molecule has 1 atom stereocenters. The molecular formula is C14H16N2O3S. The van der Waals surface area contributed by atoms with Gasteiger partial charge in [-0.1, -0.05) is 0 Å². The molecule has 0 radical (unpaired) electrons. The zero-order chi connectivity index (χ0) is 13.8. The van der Waals surface area contributed by atoms with Crippen molar-refractivity contribution in [3.8, 4) is 17.2 Å². The SMILES string of the molecule is C[C@@H](NCCOc1ccc2c(c1)OCO2)c1nccs1. The van der Waals surface area contributed by atoms with Gasteiger partial charge in [-0.05, 0) is 19.1 Å². The maximum absolute atomic E-state index is 5.68. The van der Waals surface area contributed by atoms with Crippen molar-refractivity contribution in [2.24, 2.45) is 0 Å². The van der Waals surface area contributed by atoms with Crippen molar-refractivity contribution < 1.29 is 14.2 Å². The van der Waals surface area contributed by atoms with Gasteiger partial charge in [-0.25, -0.2) is 4.98 Å². The lowest BCUT2D eigenvalue weighted by atomic mass is 10.3. The van der Waals surface area contributed by atoms with E-state index in [0.29, 0.717) is 6.61 Å². The van der Waals surface area contributed by atoms with E-state index in [0.717, 1.165) is 28.8 Å². The molecule has 0 aliphatic carbocycles. The molecule has 0 unspecified atom stereocenters. The number of fused-ring (bicyclic) bond motifs is 1. The lowest BCUT2D eigenvalue weighted by molar-refractivity contribution is 0.173. The fourth-order valence-electron chi connectivity index (χ4n) is 1.95. The summed E-state index contributed by atoms with van der Waals surface area (Å²) in [6, 6.07) is 5.85. The summed E-state index contributed by atoms with van der Waals surface area (Å²) in [6.07, 6.45) is 1.82. The Morgan fingerprint density at radius 3 is 3.15 bits per heavy atom. The normalized spacial score (nSPS) is 14.2. The topological polar surface area (TPSA) is 52.6 Å². The Bertz CT molecular complexity index is 560. The highest BCUT2D eigenvalue weighted by atomic mass is 32.1. The first-order chi connectivity index (χ1) is 9.83. The van der Waals surface area contributed by atoms with E-state index in [1.165, 1.54) is 0 Å². The Labute approximate surface area is 121 Å². The van der Waals surface area contributed by atoms with Crippen LogP contribution in [0.5, 0.6) is 17.2 Å². The lowest BCUT2D eigenvalue weighted by Gasteiger charge is -2.12. The van der Waals surface area contributed by atoms with Gasteiger partial charge in [0.15, 0.2) is 11.5 Å². The van der Waals surface area contributed by atoms with Gasteiger partial charge in [-0.2, -0.15) is 0 Å². The molecule has 1 aliphatic rings. The van der Waals surface area contributed by atoms with Crippen LogP contribution in [0.15, 0.2) is 29.8 Å². The number of hydrogen-bond acceptors (Lipinski definition) is 6. The standard InChI is InChI=1S/C14H16N2O3S/c1-10(14-16-5-7-20-14)15-4-6-17-11-2-3-12-13(8-11)19-9-18-12/h2-3,5,7-8,10,15H,4,6,9H2,1H3/t10-/m1/s1. The lowest BCUT2D eigenvalue weighted by Crippen LogP contribution is -2.24. The van der Waals surface area contributed by atoms with E-state index in [1.54, 1.807) is 11.3 Å². The molecule has 20 heavy (non-hydrogen) atoms. The number of thiazole rings is 1. The van der Waals surface area contributed by atoms with Crippen molar-refractivity contribution in [1.29, 1.82) is 0 Å². The van der Waals surface area contributed by atoms with Gasteiger partial charge in [0.25, 0.3) is 0 Å². The van der Waals surface area contributed by atoms with Crippen molar-refractivity contribution >= 4 is 11.3 Å². The summed E-state index contributed by atoms with van der Waals surface area (Å²) in [7, 11) is 0. The molecule has 2 aromatic rings. The number of nitrogens with zero attached hydrogens (tertiary/aromatic N) is 1. The maximum Gasteiger partial charge on any atom is 0.231 e. The third kappa shape index (κ3) is 3.02. The molecule has 0 spiro atoms. The van der Waals surface area contributed by atoms with E-state index in [9.17, 15) is 0 Å². The monoisotopic (exact) mass is 292 g/mol. The van der Waals surface area contributed by atoms with Crippen molar-refractivity contribution in [2.75, 3.05) is 19.9 Å². The highest BCUT2D eigenvalue weighted by Gasteiger charge is 2.13. The van der Waals surface area contributed by atoms with Crippen LogP contribution in [0.3, 0.4) is 0 Å². The molecule has 6 heteroatoms. The fraction of sp³-hybridized carbons (Fsp3) is 0.357. The van der Waals surface area contributed by atoms with Gasteiger partial charge >= 0.3 is 0 Å². The van der Waals surface area contributed by atoms with E-state index in [2.05, 4.69) is 17.2 Å². The smallest absolute Gasteiger partial charge is 0.231 e. The zero-order valence-electron chi connectivity index (χ0n) is 11.2. The minimum atomic E-state index is 0.246. The summed E-state index contributed by atoms with van der Waals surface area (Å²) < 4.78 is 16.2. The van der Waals surface area contributed by atoms with Gasteiger partial charge in [-0.3, -0.25) is 0 Å². The maximum atomic E-state index is 5.68. The summed E-state index contributed by atoms with van der Waals surface area (Å²) in [4.78, 5) is 4.28. The van der Waals surface area contributed by atoms with Crippen LogP contribution in [-0.2, 0) is 0 Å². The summed E-state index contributed by atoms with van der Waals surface area (Å²) in [5, 5.41) is 6.45. The molecule has 0 fully saturated rings. The molecule has 0 saturated heterocycles. The molecule has 5 nitrogen and oxygen atoms in total. The third-order valence-corrected chi connectivity index (χ3v) is 3.95. The van der Waals surface area contributed by atoms with Crippen LogP contribution >= 0.6 is 11.3 Å². The van der Waals surface area contributed by atoms with Gasteiger partial charge in [-0.15, -0.1) is 11.3 Å². The molecule has 3 rings (SSSR count). The highest BCUT2D eigenvalue weighted by Crippen LogP contribution is 2.34. The Hall–Kier alpha value is -1.79. The molecular weight excluding hydrogens is 276 g/mol. The number of hydrogen-bond donors (Lipinski definition) is 1. The molecule has 0 amide bonds. The minimum absolute atomic E-state index is 0.246. The quantitative estimate of drug-likeness (QED) is 0.829. The van der Waals surface area contributed by atoms with Crippen LogP contribution in [0.2, 0.25) is 0 Å². The van der Waals surface area contributed by atoms with Crippen molar-refractivity contribution in [1.82, 2.24) is 10.3 Å². The molecule has 1 aromatic carbocycles. The Morgan fingerprint density at radius 2 is 2.30 bits per heavy atom. The van der Waals surface area contributed by atoms with Crippen molar-refractivity contribution in [3.63, 3.8) is 0 Å². The third-order valence-electron chi connectivity index (χ3n) is 2.99. The second-order valence-corrected chi connectivity index (χ2v) is 5.34. The number of nitrogens with one attached hydrogen (secondary N) is 1.